The number of likely N-dealkylation sites (tertiary alicyclic amines) is 1. The van der Waals surface area contributed by atoms with E-state index in [1.807, 2.05) is 17.9 Å². The van der Waals surface area contributed by atoms with Crippen molar-refractivity contribution in [3.05, 3.63) is 41.5 Å². The summed E-state index contributed by atoms with van der Waals surface area (Å²) in [4.78, 5) is 21.7. The first-order valence-corrected chi connectivity index (χ1v) is 9.54. The van der Waals surface area contributed by atoms with E-state index in [0.29, 0.717) is 18.3 Å². The molecule has 1 fully saturated rings. The van der Waals surface area contributed by atoms with Gasteiger partial charge in [-0.25, -0.2) is 0 Å². The molecule has 1 atom stereocenters. The summed E-state index contributed by atoms with van der Waals surface area (Å²) in [7, 11) is 0. The summed E-state index contributed by atoms with van der Waals surface area (Å²) in [6.45, 7) is 6.26. The lowest BCUT2D eigenvalue weighted by atomic mass is 9.95. The van der Waals surface area contributed by atoms with E-state index in [0.717, 1.165) is 50.4 Å². The maximum atomic E-state index is 13.0. The standard InChI is InChI=1S/C20H26N4O2/c1-14-7-8-16-5-3-4-6-18(16)24(14)19(25)13-23-11-9-17(10-12-23)20-21-15(2)22-26-20/h3-6,14,17H,7-13H2,1-2H3. The number of anilines is 1. The van der Waals surface area contributed by atoms with Gasteiger partial charge in [0, 0.05) is 17.6 Å². The summed E-state index contributed by atoms with van der Waals surface area (Å²) in [5, 5.41) is 3.89. The lowest BCUT2D eigenvalue weighted by Crippen LogP contribution is -2.48. The average molecular weight is 354 g/mol. The van der Waals surface area contributed by atoms with Gasteiger partial charge in [-0.1, -0.05) is 23.4 Å². The molecule has 0 aliphatic carbocycles. The number of carbonyl (C=O) groups excluding carboxylic acids is 1. The van der Waals surface area contributed by atoms with Gasteiger partial charge in [0.2, 0.25) is 11.8 Å². The molecule has 0 saturated carbocycles. The molecule has 138 valence electrons. The van der Waals surface area contributed by atoms with E-state index >= 15 is 0 Å². The highest BCUT2D eigenvalue weighted by Gasteiger charge is 2.31. The lowest BCUT2D eigenvalue weighted by molar-refractivity contribution is -0.120. The Hall–Kier alpha value is -2.21. The van der Waals surface area contributed by atoms with E-state index in [1.165, 1.54) is 5.56 Å². The zero-order valence-corrected chi connectivity index (χ0v) is 15.5. The molecule has 2 aliphatic rings. The number of aryl methyl sites for hydroxylation is 2. The summed E-state index contributed by atoms with van der Waals surface area (Å²) in [5.41, 5.74) is 2.37. The molecule has 0 N–H and O–H groups in total. The molecule has 0 radical (unpaired) electrons. The van der Waals surface area contributed by atoms with Gasteiger partial charge in [-0.05, 0) is 64.3 Å². The second kappa shape index (κ2) is 7.19. The van der Waals surface area contributed by atoms with Crippen molar-refractivity contribution in [2.75, 3.05) is 24.5 Å². The predicted octanol–water partition coefficient (Wildman–Crippen LogP) is 2.93. The monoisotopic (exact) mass is 354 g/mol. The van der Waals surface area contributed by atoms with Crippen molar-refractivity contribution in [2.24, 2.45) is 0 Å². The van der Waals surface area contributed by atoms with E-state index in [2.05, 4.69) is 40.2 Å². The quantitative estimate of drug-likeness (QED) is 0.848. The maximum Gasteiger partial charge on any atom is 0.241 e. The molecule has 1 unspecified atom stereocenters. The molecule has 1 aromatic heterocycles. The van der Waals surface area contributed by atoms with Gasteiger partial charge in [-0.2, -0.15) is 4.98 Å². The van der Waals surface area contributed by atoms with Crippen LogP contribution in [-0.4, -0.2) is 46.6 Å². The van der Waals surface area contributed by atoms with Crippen LogP contribution in [-0.2, 0) is 11.2 Å². The van der Waals surface area contributed by atoms with Gasteiger partial charge in [0.25, 0.3) is 0 Å². The van der Waals surface area contributed by atoms with Gasteiger partial charge >= 0.3 is 0 Å². The smallest absolute Gasteiger partial charge is 0.241 e. The molecule has 2 aliphatic heterocycles. The highest BCUT2D eigenvalue weighted by molar-refractivity contribution is 5.96. The third-order valence-corrected chi connectivity index (χ3v) is 5.63. The van der Waals surface area contributed by atoms with Gasteiger partial charge in [0.05, 0.1) is 6.54 Å². The van der Waals surface area contributed by atoms with E-state index < -0.39 is 0 Å². The third kappa shape index (κ3) is 3.38. The Morgan fingerprint density at radius 1 is 1.23 bits per heavy atom. The van der Waals surface area contributed by atoms with Crippen molar-refractivity contribution in [3.63, 3.8) is 0 Å². The fraction of sp³-hybridized carbons (Fsp3) is 0.550. The first-order chi connectivity index (χ1) is 12.6. The molecule has 6 nitrogen and oxygen atoms in total. The van der Waals surface area contributed by atoms with E-state index in [1.54, 1.807) is 0 Å². The van der Waals surface area contributed by atoms with Crippen LogP contribution in [0.1, 0.15) is 49.4 Å². The number of aromatic nitrogens is 2. The summed E-state index contributed by atoms with van der Waals surface area (Å²) < 4.78 is 5.31. The minimum Gasteiger partial charge on any atom is -0.339 e. The van der Waals surface area contributed by atoms with E-state index in [-0.39, 0.29) is 11.9 Å². The Morgan fingerprint density at radius 2 is 2.00 bits per heavy atom. The molecule has 0 spiro atoms. The first-order valence-electron chi connectivity index (χ1n) is 9.54. The van der Waals surface area contributed by atoms with Gasteiger partial charge in [0.1, 0.15) is 0 Å². The van der Waals surface area contributed by atoms with E-state index in [9.17, 15) is 4.79 Å². The highest BCUT2D eigenvalue weighted by atomic mass is 16.5. The predicted molar refractivity (Wildman–Crippen MR) is 99.2 cm³/mol. The van der Waals surface area contributed by atoms with Crippen molar-refractivity contribution in [1.29, 1.82) is 0 Å². The summed E-state index contributed by atoms with van der Waals surface area (Å²) in [6, 6.07) is 8.56. The Kier molecular flexibility index (Phi) is 4.76. The van der Waals surface area contributed by atoms with Gasteiger partial charge in [-0.15, -0.1) is 0 Å². The minimum absolute atomic E-state index is 0.205. The van der Waals surface area contributed by atoms with Crippen LogP contribution in [0.5, 0.6) is 0 Å². The van der Waals surface area contributed by atoms with Crippen LogP contribution in [0.3, 0.4) is 0 Å². The molecule has 4 rings (SSSR count). The minimum atomic E-state index is 0.205. The van der Waals surface area contributed by atoms with Crippen molar-refractivity contribution in [3.8, 4) is 0 Å². The molecule has 26 heavy (non-hydrogen) atoms. The van der Waals surface area contributed by atoms with Gasteiger partial charge in [0.15, 0.2) is 5.82 Å². The first kappa shape index (κ1) is 17.2. The number of para-hydroxylation sites is 1. The molecule has 1 aromatic carbocycles. The van der Waals surface area contributed by atoms with Crippen LogP contribution in [0, 0.1) is 6.92 Å². The van der Waals surface area contributed by atoms with Crippen LogP contribution in [0.2, 0.25) is 0 Å². The van der Waals surface area contributed by atoms with Crippen LogP contribution < -0.4 is 4.90 Å². The van der Waals surface area contributed by atoms with Gasteiger partial charge in [-0.3, -0.25) is 9.69 Å². The van der Waals surface area contributed by atoms with E-state index in [4.69, 9.17) is 4.52 Å². The van der Waals surface area contributed by atoms with Crippen molar-refractivity contribution >= 4 is 11.6 Å². The number of piperidine rings is 1. The Balaban J connectivity index is 1.38. The average Bonchev–Trinajstić information content (AvgIpc) is 3.08. The number of hydrogen-bond donors (Lipinski definition) is 0. The second-order valence-corrected chi connectivity index (χ2v) is 7.51. The van der Waals surface area contributed by atoms with Crippen molar-refractivity contribution < 1.29 is 9.32 Å². The van der Waals surface area contributed by atoms with Crippen LogP contribution >= 0.6 is 0 Å². The SMILES string of the molecule is Cc1noc(C2CCN(CC(=O)N3c4ccccc4CCC3C)CC2)n1. The molecule has 1 amide bonds. The number of nitrogens with zero attached hydrogens (tertiary/aromatic N) is 4. The topological polar surface area (TPSA) is 62.5 Å². The second-order valence-electron chi connectivity index (χ2n) is 7.51. The van der Waals surface area contributed by atoms with Crippen LogP contribution in [0.25, 0.3) is 0 Å². The Morgan fingerprint density at radius 3 is 2.73 bits per heavy atom. The molecular formula is C20H26N4O2. The highest BCUT2D eigenvalue weighted by Crippen LogP contribution is 2.31. The molecular weight excluding hydrogens is 328 g/mol. The number of benzene rings is 1. The lowest BCUT2D eigenvalue weighted by Gasteiger charge is -2.37. The van der Waals surface area contributed by atoms with Crippen molar-refractivity contribution in [2.45, 2.75) is 51.5 Å². The van der Waals surface area contributed by atoms with Crippen LogP contribution in [0.15, 0.2) is 28.8 Å². The summed E-state index contributed by atoms with van der Waals surface area (Å²) in [5.74, 6) is 1.95. The number of amides is 1. The Bertz CT molecular complexity index is 780. The zero-order chi connectivity index (χ0) is 18.1. The van der Waals surface area contributed by atoms with Gasteiger partial charge < -0.3 is 9.42 Å². The Labute approximate surface area is 154 Å². The fourth-order valence-corrected chi connectivity index (χ4v) is 4.15. The zero-order valence-electron chi connectivity index (χ0n) is 15.5. The normalized spacial score (nSPS) is 21.6. The maximum absolute atomic E-state index is 13.0. The number of hydrogen-bond acceptors (Lipinski definition) is 5. The number of rotatable bonds is 3. The number of fused-ring (bicyclic) bond motifs is 1. The molecule has 3 heterocycles. The fourth-order valence-electron chi connectivity index (χ4n) is 4.15. The summed E-state index contributed by atoms with van der Waals surface area (Å²) >= 11 is 0. The molecule has 6 heteroatoms. The van der Waals surface area contributed by atoms with Crippen LogP contribution in [0.4, 0.5) is 5.69 Å². The largest absolute Gasteiger partial charge is 0.339 e. The molecule has 0 bridgehead atoms. The molecule has 2 aromatic rings. The third-order valence-electron chi connectivity index (χ3n) is 5.63. The number of carbonyl (C=O) groups is 1. The molecule has 1 saturated heterocycles. The summed E-state index contributed by atoms with van der Waals surface area (Å²) in [6.07, 6.45) is 4.00. The van der Waals surface area contributed by atoms with Crippen molar-refractivity contribution in [1.82, 2.24) is 15.0 Å².